The van der Waals surface area contributed by atoms with E-state index in [0.29, 0.717) is 0 Å². The molecule has 0 aromatic carbocycles. The first kappa shape index (κ1) is 5.62. The van der Waals surface area contributed by atoms with Crippen molar-refractivity contribution in [3.63, 3.8) is 0 Å². The SMILES string of the molecule is [2H]C([2H])([2H])n1ccc(O[C@H]2COC[C@H]2O)n1. The second-order valence-electron chi connectivity index (χ2n) is 2.86. The first-order chi connectivity index (χ1) is 7.47. The van der Waals surface area contributed by atoms with Gasteiger partial charge in [-0.05, 0) is 0 Å². The zero-order chi connectivity index (χ0) is 11.8. The minimum absolute atomic E-state index is 0.172. The van der Waals surface area contributed by atoms with Gasteiger partial charge in [0.15, 0.2) is 6.10 Å². The highest BCUT2D eigenvalue weighted by molar-refractivity contribution is 5.06. The van der Waals surface area contributed by atoms with Crippen LogP contribution in [0.2, 0.25) is 0 Å². The van der Waals surface area contributed by atoms with E-state index in [0.717, 1.165) is 4.68 Å². The predicted octanol–water partition coefficient (Wildman–Crippen LogP) is -0.441. The van der Waals surface area contributed by atoms with E-state index in [2.05, 4.69) is 5.10 Å². The molecular weight excluding hydrogens is 172 g/mol. The lowest BCUT2D eigenvalue weighted by atomic mass is 10.3. The van der Waals surface area contributed by atoms with Gasteiger partial charge in [-0.15, -0.1) is 5.10 Å². The highest BCUT2D eigenvalue weighted by atomic mass is 16.6. The quantitative estimate of drug-likeness (QED) is 0.682. The molecule has 1 saturated heterocycles. The molecule has 1 aromatic rings. The fraction of sp³-hybridized carbons (Fsp3) is 0.625. The number of nitrogens with zero attached hydrogens (tertiary/aromatic N) is 2. The van der Waals surface area contributed by atoms with Crippen LogP contribution in [-0.2, 0) is 11.7 Å². The van der Waals surface area contributed by atoms with Crippen molar-refractivity contribution in [1.82, 2.24) is 9.78 Å². The van der Waals surface area contributed by atoms with Crippen molar-refractivity contribution in [1.29, 1.82) is 0 Å². The molecule has 0 radical (unpaired) electrons. The summed E-state index contributed by atoms with van der Waals surface area (Å²) in [6.45, 7) is -1.81. The van der Waals surface area contributed by atoms with E-state index in [1.807, 2.05) is 0 Å². The number of hydrogen-bond donors (Lipinski definition) is 1. The fourth-order valence-electron chi connectivity index (χ4n) is 1.16. The van der Waals surface area contributed by atoms with Crippen LogP contribution in [-0.4, -0.2) is 40.3 Å². The molecule has 0 aliphatic carbocycles. The Balaban J connectivity index is 2.03. The van der Waals surface area contributed by atoms with E-state index >= 15 is 0 Å². The van der Waals surface area contributed by atoms with E-state index in [9.17, 15) is 5.11 Å². The summed E-state index contributed by atoms with van der Waals surface area (Å²) >= 11 is 0. The lowest BCUT2D eigenvalue weighted by Crippen LogP contribution is -2.29. The Labute approximate surface area is 80.1 Å². The molecule has 0 bridgehead atoms. The van der Waals surface area contributed by atoms with E-state index in [1.54, 1.807) is 0 Å². The standard InChI is InChI=1S/C8H12N2O3/c1-10-3-2-8(9-10)13-7-5-12-4-6(7)11/h2-3,6-7,11H,4-5H2,1H3/t6-,7+/m1/s1/i1D3. The second kappa shape index (κ2) is 3.35. The number of aryl methyl sites for hydroxylation is 1. The molecule has 13 heavy (non-hydrogen) atoms. The maximum Gasteiger partial charge on any atom is 0.233 e. The van der Waals surface area contributed by atoms with Crippen LogP contribution < -0.4 is 4.74 Å². The van der Waals surface area contributed by atoms with Crippen LogP contribution in [0.25, 0.3) is 0 Å². The van der Waals surface area contributed by atoms with E-state index < -0.39 is 19.2 Å². The summed E-state index contributed by atoms with van der Waals surface area (Å²) in [6.07, 6.45) is 0.128. The lowest BCUT2D eigenvalue weighted by molar-refractivity contribution is 0.0700. The molecule has 1 N–H and O–H groups in total. The molecule has 72 valence electrons. The van der Waals surface area contributed by atoms with Crippen molar-refractivity contribution < 1.29 is 18.7 Å². The Bertz CT molecular complexity index is 366. The maximum absolute atomic E-state index is 9.42. The Morgan fingerprint density at radius 1 is 1.85 bits per heavy atom. The maximum atomic E-state index is 9.42. The highest BCUT2D eigenvalue weighted by Gasteiger charge is 2.28. The summed E-state index contributed by atoms with van der Waals surface area (Å²) in [5.74, 6) is 0.172. The molecule has 2 heterocycles. The van der Waals surface area contributed by atoms with E-state index in [4.69, 9.17) is 13.6 Å². The molecule has 5 heteroatoms. The monoisotopic (exact) mass is 187 g/mol. The topological polar surface area (TPSA) is 56.5 Å². The predicted molar refractivity (Wildman–Crippen MR) is 44.4 cm³/mol. The summed E-state index contributed by atoms with van der Waals surface area (Å²) in [6, 6.07) is 1.44. The Morgan fingerprint density at radius 3 is 3.38 bits per heavy atom. The normalized spacial score (nSPS) is 32.2. The van der Waals surface area contributed by atoms with Crippen LogP contribution in [0, 0.1) is 0 Å². The van der Waals surface area contributed by atoms with Crippen LogP contribution in [0.5, 0.6) is 5.88 Å². The van der Waals surface area contributed by atoms with Crippen LogP contribution >= 0.6 is 0 Å². The molecular formula is C8H12N2O3. The summed E-state index contributed by atoms with van der Waals surface area (Å²) in [5.41, 5.74) is 0. The van der Waals surface area contributed by atoms with Crippen molar-refractivity contribution in [2.24, 2.45) is 6.98 Å². The molecule has 1 aliphatic heterocycles. The zero-order valence-corrected chi connectivity index (χ0v) is 6.88. The molecule has 5 nitrogen and oxygen atoms in total. The Morgan fingerprint density at radius 2 is 2.77 bits per heavy atom. The molecule has 1 fully saturated rings. The van der Waals surface area contributed by atoms with E-state index in [1.165, 1.54) is 12.3 Å². The van der Waals surface area contributed by atoms with Gasteiger partial charge < -0.3 is 14.6 Å². The van der Waals surface area contributed by atoms with Gasteiger partial charge in [-0.2, -0.15) is 0 Å². The average Bonchev–Trinajstić information content (AvgIpc) is 2.76. The van der Waals surface area contributed by atoms with Gasteiger partial charge in [0.2, 0.25) is 5.88 Å². The molecule has 0 amide bonds. The Hall–Kier alpha value is -1.07. The minimum Gasteiger partial charge on any atom is -0.468 e. The van der Waals surface area contributed by atoms with Crippen molar-refractivity contribution >= 4 is 0 Å². The van der Waals surface area contributed by atoms with Crippen molar-refractivity contribution in [3.8, 4) is 5.88 Å². The third-order valence-electron chi connectivity index (χ3n) is 1.84. The molecule has 1 aliphatic rings. The summed E-state index contributed by atoms with van der Waals surface area (Å²) < 4.78 is 32.5. The van der Waals surface area contributed by atoms with Gasteiger partial charge in [0.05, 0.1) is 13.2 Å². The lowest BCUT2D eigenvalue weighted by Gasteiger charge is -2.12. The average molecular weight is 187 g/mol. The molecule has 0 unspecified atom stereocenters. The Kier molecular flexibility index (Phi) is 1.45. The van der Waals surface area contributed by atoms with Crippen LogP contribution in [0.4, 0.5) is 0 Å². The molecule has 0 spiro atoms. The fourth-order valence-corrected chi connectivity index (χ4v) is 1.16. The molecule has 0 saturated carbocycles. The summed E-state index contributed by atoms with van der Waals surface area (Å²) in [5, 5.41) is 13.2. The van der Waals surface area contributed by atoms with Gasteiger partial charge in [0.25, 0.3) is 0 Å². The van der Waals surface area contributed by atoms with Gasteiger partial charge in [0, 0.05) is 23.4 Å². The summed E-state index contributed by atoms with van der Waals surface area (Å²) in [7, 11) is 0. The molecule has 2 atom stereocenters. The molecule has 2 rings (SSSR count). The number of aliphatic hydroxyl groups is 1. The first-order valence-corrected chi connectivity index (χ1v) is 3.95. The first-order valence-electron chi connectivity index (χ1n) is 5.45. The highest BCUT2D eigenvalue weighted by Crippen LogP contribution is 2.14. The van der Waals surface area contributed by atoms with Gasteiger partial charge in [-0.1, -0.05) is 0 Å². The number of hydrogen-bond acceptors (Lipinski definition) is 4. The van der Waals surface area contributed by atoms with Crippen molar-refractivity contribution in [2.75, 3.05) is 13.2 Å². The van der Waals surface area contributed by atoms with Crippen LogP contribution in [0.15, 0.2) is 12.3 Å². The van der Waals surface area contributed by atoms with E-state index in [-0.39, 0.29) is 19.1 Å². The minimum atomic E-state index is -2.31. The largest absolute Gasteiger partial charge is 0.468 e. The van der Waals surface area contributed by atoms with Gasteiger partial charge >= 0.3 is 0 Å². The van der Waals surface area contributed by atoms with Crippen LogP contribution in [0.3, 0.4) is 0 Å². The molecule has 1 aromatic heterocycles. The third kappa shape index (κ3) is 1.81. The van der Waals surface area contributed by atoms with Gasteiger partial charge in [0.1, 0.15) is 6.10 Å². The summed E-state index contributed by atoms with van der Waals surface area (Å²) in [4.78, 5) is 0. The van der Waals surface area contributed by atoms with Crippen molar-refractivity contribution in [2.45, 2.75) is 12.2 Å². The number of aliphatic hydroxyl groups excluding tert-OH is 1. The second-order valence-corrected chi connectivity index (χ2v) is 2.86. The zero-order valence-electron chi connectivity index (χ0n) is 9.88. The van der Waals surface area contributed by atoms with Gasteiger partial charge in [-0.3, -0.25) is 4.68 Å². The number of ether oxygens (including phenoxy) is 2. The number of rotatable bonds is 2. The van der Waals surface area contributed by atoms with Crippen LogP contribution in [0.1, 0.15) is 4.11 Å². The van der Waals surface area contributed by atoms with Crippen molar-refractivity contribution in [3.05, 3.63) is 12.3 Å². The number of aromatic nitrogens is 2. The third-order valence-corrected chi connectivity index (χ3v) is 1.84. The smallest absolute Gasteiger partial charge is 0.233 e. The van der Waals surface area contributed by atoms with Gasteiger partial charge in [-0.25, -0.2) is 0 Å².